The smallest absolute Gasteiger partial charge is 0.225 e. The maximum atomic E-state index is 5.63. The Hall–Kier alpha value is -2.19. The van der Waals surface area contributed by atoms with Crippen molar-refractivity contribution in [1.29, 1.82) is 0 Å². The Morgan fingerprint density at radius 3 is 2.58 bits per heavy atom. The Bertz CT molecular complexity index is 877. The Labute approximate surface area is 190 Å². The molecule has 1 aliphatic heterocycles. The highest BCUT2D eigenvalue weighted by atomic mass is 32.1. The summed E-state index contributed by atoms with van der Waals surface area (Å²) in [5.41, 5.74) is 0.977. The summed E-state index contributed by atoms with van der Waals surface area (Å²) in [5, 5.41) is 12.1. The third-order valence-corrected chi connectivity index (χ3v) is 6.54. The van der Waals surface area contributed by atoms with Crippen molar-refractivity contribution >= 4 is 40.0 Å². The van der Waals surface area contributed by atoms with Crippen LogP contribution in [0.2, 0.25) is 0 Å². The first-order valence-corrected chi connectivity index (χ1v) is 11.8. The summed E-state index contributed by atoms with van der Waals surface area (Å²) in [6.07, 6.45) is 7.19. The molecule has 1 aliphatic carbocycles. The average Bonchev–Trinajstić information content (AvgIpc) is 3.30. The number of nitrogens with one attached hydrogen (secondary N) is 3. The van der Waals surface area contributed by atoms with Gasteiger partial charge < -0.3 is 25.6 Å². The topological polar surface area (TPSA) is 74.3 Å². The number of anilines is 2. The van der Waals surface area contributed by atoms with Crippen LogP contribution in [0.4, 0.5) is 11.8 Å². The van der Waals surface area contributed by atoms with Crippen LogP contribution in [0.15, 0.2) is 24.3 Å². The van der Waals surface area contributed by atoms with E-state index in [0.29, 0.717) is 18.1 Å². The van der Waals surface area contributed by atoms with E-state index in [1.54, 1.807) is 0 Å². The third-order valence-electron chi connectivity index (χ3n) is 6.25. The molecule has 0 amide bonds. The van der Waals surface area contributed by atoms with Gasteiger partial charge >= 0.3 is 0 Å². The van der Waals surface area contributed by atoms with Gasteiger partial charge in [0.2, 0.25) is 5.95 Å². The van der Waals surface area contributed by atoms with Gasteiger partial charge in [-0.25, -0.2) is 4.98 Å². The molecule has 1 aromatic carbocycles. The summed E-state index contributed by atoms with van der Waals surface area (Å²) in [6.45, 7) is 2.62. The van der Waals surface area contributed by atoms with Crippen LogP contribution in [0.1, 0.15) is 38.5 Å². The van der Waals surface area contributed by atoms with Gasteiger partial charge in [-0.1, -0.05) is 12.1 Å². The molecule has 0 bridgehead atoms. The number of hydrogen-bond acceptors (Lipinski definition) is 6. The number of para-hydroxylation sites is 1. The van der Waals surface area contributed by atoms with Gasteiger partial charge in [0, 0.05) is 45.2 Å². The first-order chi connectivity index (χ1) is 15.1. The molecule has 1 unspecified atom stereocenters. The molecule has 1 aromatic heterocycles. The van der Waals surface area contributed by atoms with E-state index in [4.69, 9.17) is 26.9 Å². The highest BCUT2D eigenvalue weighted by Crippen LogP contribution is 2.28. The van der Waals surface area contributed by atoms with Crippen LogP contribution < -0.4 is 20.9 Å². The second kappa shape index (κ2) is 10.4. The van der Waals surface area contributed by atoms with Crippen LogP contribution >= 0.6 is 12.2 Å². The highest BCUT2D eigenvalue weighted by molar-refractivity contribution is 7.80. The molecule has 168 valence electrons. The van der Waals surface area contributed by atoms with Crippen molar-refractivity contribution < 1.29 is 4.74 Å². The monoisotopic (exact) mass is 442 g/mol. The minimum absolute atomic E-state index is 0.312. The number of rotatable bonds is 7. The summed E-state index contributed by atoms with van der Waals surface area (Å²) in [5.74, 6) is 2.33. The minimum Gasteiger partial charge on any atom is -0.376 e. The molecule has 7 nitrogen and oxygen atoms in total. The average molecular weight is 443 g/mol. The minimum atomic E-state index is 0.312. The number of fused-ring (bicyclic) bond motifs is 1. The van der Waals surface area contributed by atoms with E-state index in [1.807, 2.05) is 37.2 Å². The van der Waals surface area contributed by atoms with Crippen molar-refractivity contribution in [2.75, 3.05) is 44.0 Å². The second-order valence-corrected chi connectivity index (χ2v) is 9.28. The zero-order valence-electron chi connectivity index (χ0n) is 18.6. The van der Waals surface area contributed by atoms with Gasteiger partial charge in [0.1, 0.15) is 5.82 Å². The lowest BCUT2D eigenvalue weighted by atomic mass is 9.86. The maximum Gasteiger partial charge on any atom is 0.225 e. The Kier molecular flexibility index (Phi) is 7.40. The van der Waals surface area contributed by atoms with Crippen molar-refractivity contribution in [3.05, 3.63) is 24.3 Å². The number of nitrogens with zero attached hydrogens (tertiary/aromatic N) is 3. The fourth-order valence-corrected chi connectivity index (χ4v) is 4.64. The summed E-state index contributed by atoms with van der Waals surface area (Å²) in [6, 6.07) is 8.60. The molecule has 4 rings (SSSR count). The molecule has 2 aromatic rings. The van der Waals surface area contributed by atoms with Gasteiger partial charge in [0.05, 0.1) is 11.6 Å². The van der Waals surface area contributed by atoms with E-state index in [0.717, 1.165) is 73.2 Å². The number of hydrogen-bond donors (Lipinski definition) is 3. The van der Waals surface area contributed by atoms with Crippen LogP contribution in [-0.4, -0.2) is 61.0 Å². The van der Waals surface area contributed by atoms with E-state index in [-0.39, 0.29) is 0 Å². The van der Waals surface area contributed by atoms with Gasteiger partial charge in [-0.2, -0.15) is 4.98 Å². The fraction of sp³-hybridized carbons (Fsp3) is 0.609. The van der Waals surface area contributed by atoms with Crippen molar-refractivity contribution in [3.8, 4) is 0 Å². The summed E-state index contributed by atoms with van der Waals surface area (Å²) < 4.78 is 5.63. The SMILES string of the molecule is CN(C)c1nc(NC2CCC(CNC(=S)NCC3CCCO3)CC2)nc2ccccc12. The molecule has 31 heavy (non-hydrogen) atoms. The lowest BCUT2D eigenvalue weighted by molar-refractivity contribution is 0.114. The van der Waals surface area contributed by atoms with Crippen LogP contribution in [0.3, 0.4) is 0 Å². The largest absolute Gasteiger partial charge is 0.376 e. The zero-order valence-corrected chi connectivity index (χ0v) is 19.4. The Morgan fingerprint density at radius 1 is 1.06 bits per heavy atom. The predicted molar refractivity (Wildman–Crippen MR) is 131 cm³/mol. The summed E-state index contributed by atoms with van der Waals surface area (Å²) in [7, 11) is 4.05. The fourth-order valence-electron chi connectivity index (χ4n) is 4.47. The molecule has 1 saturated carbocycles. The van der Waals surface area contributed by atoms with Crippen molar-refractivity contribution in [2.45, 2.75) is 50.7 Å². The standard InChI is InChI=1S/C23H34N6OS/c1-29(2)21-19-7-3-4-8-20(19)27-22(28-21)26-17-11-9-16(10-12-17)14-24-23(31)25-15-18-6-5-13-30-18/h3-4,7-8,16-18H,5-6,9-15H2,1-2H3,(H2,24,25,31)(H,26,27,28). The Balaban J connectivity index is 1.23. The molecule has 2 heterocycles. The first kappa shape index (κ1) is 22.0. The molecule has 0 radical (unpaired) electrons. The van der Waals surface area contributed by atoms with Crippen LogP contribution in [-0.2, 0) is 4.74 Å². The third kappa shape index (κ3) is 5.95. The summed E-state index contributed by atoms with van der Waals surface area (Å²) in [4.78, 5) is 11.6. The molecule has 1 saturated heterocycles. The van der Waals surface area contributed by atoms with E-state index in [9.17, 15) is 0 Å². The maximum absolute atomic E-state index is 5.63. The van der Waals surface area contributed by atoms with Crippen LogP contribution in [0, 0.1) is 5.92 Å². The predicted octanol–water partition coefficient (Wildman–Crippen LogP) is 3.31. The molecule has 8 heteroatoms. The van der Waals surface area contributed by atoms with E-state index in [1.165, 1.54) is 12.8 Å². The molecular formula is C23H34N6OS. The van der Waals surface area contributed by atoms with Gasteiger partial charge in [-0.3, -0.25) is 0 Å². The lowest BCUT2D eigenvalue weighted by Gasteiger charge is -2.30. The molecule has 2 fully saturated rings. The second-order valence-electron chi connectivity index (χ2n) is 8.87. The van der Waals surface area contributed by atoms with Crippen LogP contribution in [0.25, 0.3) is 10.9 Å². The first-order valence-electron chi connectivity index (χ1n) is 11.4. The molecule has 0 spiro atoms. The number of ether oxygens (including phenoxy) is 1. The summed E-state index contributed by atoms with van der Waals surface area (Å²) >= 11 is 5.43. The number of benzene rings is 1. The normalized spacial score (nSPS) is 23.5. The zero-order chi connectivity index (χ0) is 21.6. The highest BCUT2D eigenvalue weighted by Gasteiger charge is 2.22. The van der Waals surface area contributed by atoms with Crippen molar-refractivity contribution in [1.82, 2.24) is 20.6 Å². The van der Waals surface area contributed by atoms with Crippen molar-refractivity contribution in [3.63, 3.8) is 0 Å². The Morgan fingerprint density at radius 2 is 1.84 bits per heavy atom. The van der Waals surface area contributed by atoms with Crippen molar-refractivity contribution in [2.24, 2.45) is 5.92 Å². The quantitative estimate of drug-likeness (QED) is 0.564. The number of thiocarbonyl (C=S) groups is 1. The van der Waals surface area contributed by atoms with Gasteiger partial charge in [0.15, 0.2) is 5.11 Å². The van der Waals surface area contributed by atoms with Gasteiger partial charge in [-0.05, 0) is 68.8 Å². The number of aromatic nitrogens is 2. The molecule has 2 aliphatic rings. The molecule has 3 N–H and O–H groups in total. The van der Waals surface area contributed by atoms with E-state index >= 15 is 0 Å². The van der Waals surface area contributed by atoms with Crippen LogP contribution in [0.5, 0.6) is 0 Å². The van der Waals surface area contributed by atoms with Gasteiger partial charge in [0.25, 0.3) is 0 Å². The van der Waals surface area contributed by atoms with E-state index < -0.39 is 0 Å². The van der Waals surface area contributed by atoms with E-state index in [2.05, 4.69) is 22.0 Å². The molecular weight excluding hydrogens is 408 g/mol. The molecule has 1 atom stereocenters. The van der Waals surface area contributed by atoms with Gasteiger partial charge in [-0.15, -0.1) is 0 Å². The lowest BCUT2D eigenvalue weighted by Crippen LogP contribution is -2.42.